The molecule has 1 N–H and O–H groups in total. The highest BCUT2D eigenvalue weighted by molar-refractivity contribution is 4.97. The molecule has 1 fully saturated rings. The molecule has 108 valence electrons. The van der Waals surface area contributed by atoms with E-state index < -0.39 is 0 Å². The molecule has 1 saturated carbocycles. The lowest BCUT2D eigenvalue weighted by molar-refractivity contribution is 0.199. The average Bonchev–Trinajstić information content (AvgIpc) is 2.90. The van der Waals surface area contributed by atoms with Crippen LogP contribution in [0, 0.1) is 5.92 Å². The summed E-state index contributed by atoms with van der Waals surface area (Å²) in [6.45, 7) is 3.65. The summed E-state index contributed by atoms with van der Waals surface area (Å²) in [4.78, 5) is 4.28. The molecule has 0 unspecified atom stereocenters. The minimum absolute atomic E-state index is 0.760. The van der Waals surface area contributed by atoms with Crippen LogP contribution in [0.3, 0.4) is 0 Å². The van der Waals surface area contributed by atoms with Gasteiger partial charge in [-0.1, -0.05) is 32.1 Å². The highest BCUT2D eigenvalue weighted by Gasteiger charge is 2.13. The Labute approximate surface area is 116 Å². The molecule has 0 radical (unpaired) electrons. The van der Waals surface area contributed by atoms with Crippen molar-refractivity contribution in [1.29, 1.82) is 0 Å². The first-order valence-corrected chi connectivity index (χ1v) is 7.59. The summed E-state index contributed by atoms with van der Waals surface area (Å²) in [6, 6.07) is 0. The molecule has 2 rings (SSSR count). The number of imidazole rings is 1. The minimum atomic E-state index is 0.760. The van der Waals surface area contributed by atoms with Crippen molar-refractivity contribution >= 4 is 0 Å². The van der Waals surface area contributed by atoms with E-state index in [0.29, 0.717) is 0 Å². The molecule has 1 aromatic heterocycles. The van der Waals surface area contributed by atoms with Crippen LogP contribution in [0.2, 0.25) is 0 Å². The predicted octanol–water partition coefficient (Wildman–Crippen LogP) is 2.59. The maximum atomic E-state index is 5.03. The first-order chi connectivity index (χ1) is 9.40. The van der Waals surface area contributed by atoms with Crippen molar-refractivity contribution in [3.05, 3.63) is 18.2 Å². The van der Waals surface area contributed by atoms with Crippen molar-refractivity contribution in [1.82, 2.24) is 14.9 Å². The lowest BCUT2D eigenvalue weighted by Crippen LogP contribution is -2.20. The van der Waals surface area contributed by atoms with Crippen molar-refractivity contribution in [2.45, 2.75) is 51.6 Å². The number of rotatable bonds is 8. The van der Waals surface area contributed by atoms with Crippen molar-refractivity contribution in [3.8, 4) is 0 Å². The van der Waals surface area contributed by atoms with Crippen LogP contribution in [0.25, 0.3) is 0 Å². The van der Waals surface area contributed by atoms with Crippen LogP contribution in [0.5, 0.6) is 0 Å². The van der Waals surface area contributed by atoms with Gasteiger partial charge in [0.15, 0.2) is 0 Å². The largest absolute Gasteiger partial charge is 0.383 e. The Kier molecular flexibility index (Phi) is 6.37. The zero-order chi connectivity index (χ0) is 13.3. The smallest absolute Gasteiger partial charge is 0.0948 e. The zero-order valence-corrected chi connectivity index (χ0v) is 12.1. The number of ether oxygens (including phenoxy) is 1. The van der Waals surface area contributed by atoms with Gasteiger partial charge in [-0.15, -0.1) is 0 Å². The summed E-state index contributed by atoms with van der Waals surface area (Å²) in [5, 5.41) is 3.38. The van der Waals surface area contributed by atoms with E-state index in [1.165, 1.54) is 44.2 Å². The topological polar surface area (TPSA) is 39.1 Å². The third-order valence-electron chi connectivity index (χ3n) is 4.09. The van der Waals surface area contributed by atoms with Crippen LogP contribution >= 0.6 is 0 Å². The second-order valence-corrected chi connectivity index (χ2v) is 5.54. The van der Waals surface area contributed by atoms with E-state index in [0.717, 1.165) is 32.2 Å². The SMILES string of the molecule is COCCNCc1cncn1CCC1CCCCC1. The van der Waals surface area contributed by atoms with Crippen LogP contribution in [0.4, 0.5) is 0 Å². The number of hydrogen-bond donors (Lipinski definition) is 1. The van der Waals surface area contributed by atoms with E-state index >= 15 is 0 Å². The molecular formula is C15H27N3O. The molecule has 4 nitrogen and oxygen atoms in total. The second kappa shape index (κ2) is 8.33. The molecule has 1 heterocycles. The second-order valence-electron chi connectivity index (χ2n) is 5.54. The Bertz CT molecular complexity index is 345. The molecule has 4 heteroatoms. The summed E-state index contributed by atoms with van der Waals surface area (Å²) in [7, 11) is 1.73. The molecule has 0 saturated heterocycles. The first-order valence-electron chi connectivity index (χ1n) is 7.59. The summed E-state index contributed by atoms with van der Waals surface area (Å²) in [5.74, 6) is 0.936. The Balaban J connectivity index is 1.72. The molecule has 1 aliphatic carbocycles. The fraction of sp³-hybridized carbons (Fsp3) is 0.800. The molecular weight excluding hydrogens is 238 g/mol. The summed E-state index contributed by atoms with van der Waals surface area (Å²) in [6.07, 6.45) is 12.4. The van der Waals surface area contributed by atoms with Crippen molar-refractivity contribution in [3.63, 3.8) is 0 Å². The van der Waals surface area contributed by atoms with E-state index in [9.17, 15) is 0 Å². The van der Waals surface area contributed by atoms with Gasteiger partial charge in [0.1, 0.15) is 0 Å². The molecule has 0 aromatic carbocycles. The van der Waals surface area contributed by atoms with Gasteiger partial charge in [0.05, 0.1) is 18.6 Å². The van der Waals surface area contributed by atoms with Gasteiger partial charge in [0.2, 0.25) is 0 Å². The van der Waals surface area contributed by atoms with Gasteiger partial charge in [0.25, 0.3) is 0 Å². The molecule has 0 bridgehead atoms. The lowest BCUT2D eigenvalue weighted by Gasteiger charge is -2.22. The van der Waals surface area contributed by atoms with Gasteiger partial charge >= 0.3 is 0 Å². The van der Waals surface area contributed by atoms with Gasteiger partial charge < -0.3 is 14.6 Å². The number of aromatic nitrogens is 2. The molecule has 0 spiro atoms. The highest BCUT2D eigenvalue weighted by Crippen LogP contribution is 2.26. The fourth-order valence-corrected chi connectivity index (χ4v) is 2.88. The van der Waals surface area contributed by atoms with Gasteiger partial charge in [-0.25, -0.2) is 4.98 Å². The summed E-state index contributed by atoms with van der Waals surface area (Å²) >= 11 is 0. The fourth-order valence-electron chi connectivity index (χ4n) is 2.88. The molecule has 1 aliphatic rings. The maximum absolute atomic E-state index is 5.03. The Hall–Kier alpha value is -0.870. The standard InChI is InChI=1S/C15H27N3O/c1-19-10-8-16-11-15-12-17-13-18(15)9-7-14-5-3-2-4-6-14/h12-14,16H,2-11H2,1H3. The van der Waals surface area contributed by atoms with E-state index in [-0.39, 0.29) is 0 Å². The monoisotopic (exact) mass is 265 g/mol. The highest BCUT2D eigenvalue weighted by atomic mass is 16.5. The summed E-state index contributed by atoms with van der Waals surface area (Å²) in [5.41, 5.74) is 1.28. The Morgan fingerprint density at radius 2 is 2.21 bits per heavy atom. The quantitative estimate of drug-likeness (QED) is 0.734. The van der Waals surface area contributed by atoms with Crippen LogP contribution in [-0.2, 0) is 17.8 Å². The minimum Gasteiger partial charge on any atom is -0.383 e. The number of hydrogen-bond acceptors (Lipinski definition) is 3. The number of aryl methyl sites for hydroxylation is 1. The van der Waals surface area contributed by atoms with Gasteiger partial charge in [0, 0.05) is 32.9 Å². The molecule has 0 atom stereocenters. The number of nitrogens with zero attached hydrogens (tertiary/aromatic N) is 2. The zero-order valence-electron chi connectivity index (χ0n) is 12.1. The van der Waals surface area contributed by atoms with E-state index in [1.54, 1.807) is 7.11 Å². The molecule has 19 heavy (non-hydrogen) atoms. The third-order valence-corrected chi connectivity index (χ3v) is 4.09. The van der Waals surface area contributed by atoms with Gasteiger partial charge in [-0.05, 0) is 12.3 Å². The molecule has 1 aromatic rings. The van der Waals surface area contributed by atoms with Crippen molar-refractivity contribution in [2.24, 2.45) is 5.92 Å². The van der Waals surface area contributed by atoms with E-state index in [4.69, 9.17) is 4.74 Å². The lowest BCUT2D eigenvalue weighted by atomic mass is 9.87. The molecule has 0 amide bonds. The summed E-state index contributed by atoms with van der Waals surface area (Å²) < 4.78 is 7.33. The number of nitrogens with one attached hydrogen (secondary N) is 1. The van der Waals surface area contributed by atoms with Crippen LogP contribution in [-0.4, -0.2) is 29.8 Å². The van der Waals surface area contributed by atoms with Crippen LogP contribution in [0.15, 0.2) is 12.5 Å². The van der Waals surface area contributed by atoms with Crippen LogP contribution < -0.4 is 5.32 Å². The average molecular weight is 265 g/mol. The first kappa shape index (κ1) is 14.5. The molecule has 0 aliphatic heterocycles. The maximum Gasteiger partial charge on any atom is 0.0948 e. The Morgan fingerprint density at radius 1 is 1.37 bits per heavy atom. The predicted molar refractivity (Wildman–Crippen MR) is 77.0 cm³/mol. The normalized spacial score (nSPS) is 16.9. The van der Waals surface area contributed by atoms with Gasteiger partial charge in [-0.3, -0.25) is 0 Å². The van der Waals surface area contributed by atoms with E-state index in [1.807, 2.05) is 12.5 Å². The van der Waals surface area contributed by atoms with Crippen LogP contribution in [0.1, 0.15) is 44.2 Å². The van der Waals surface area contributed by atoms with Crippen molar-refractivity contribution in [2.75, 3.05) is 20.3 Å². The van der Waals surface area contributed by atoms with Crippen molar-refractivity contribution < 1.29 is 4.74 Å². The Morgan fingerprint density at radius 3 is 3.00 bits per heavy atom. The third kappa shape index (κ3) is 4.96. The van der Waals surface area contributed by atoms with Gasteiger partial charge in [-0.2, -0.15) is 0 Å². The van der Waals surface area contributed by atoms with E-state index in [2.05, 4.69) is 14.9 Å². The number of methoxy groups -OCH3 is 1.